The fourth-order valence-corrected chi connectivity index (χ4v) is 2.69. The van der Waals surface area contributed by atoms with E-state index in [1.165, 1.54) is 0 Å². The molecule has 0 bridgehead atoms. The van der Waals surface area contributed by atoms with E-state index in [-0.39, 0.29) is 19.1 Å². The van der Waals surface area contributed by atoms with Gasteiger partial charge in [0.15, 0.2) is 0 Å². The SMILES string of the molecule is Cc1cc(C(=O)N2CCC(CCO)C2)ccc1C#CCO. The van der Waals surface area contributed by atoms with Gasteiger partial charge in [-0.2, -0.15) is 0 Å². The van der Waals surface area contributed by atoms with Crippen molar-refractivity contribution in [1.29, 1.82) is 0 Å². The van der Waals surface area contributed by atoms with Gasteiger partial charge in [0.25, 0.3) is 5.91 Å². The van der Waals surface area contributed by atoms with Crippen LogP contribution in [0.3, 0.4) is 0 Å². The van der Waals surface area contributed by atoms with Gasteiger partial charge in [0, 0.05) is 30.8 Å². The highest BCUT2D eigenvalue weighted by Gasteiger charge is 2.26. The van der Waals surface area contributed by atoms with Gasteiger partial charge in [-0.25, -0.2) is 0 Å². The van der Waals surface area contributed by atoms with Crippen LogP contribution in [0, 0.1) is 24.7 Å². The molecule has 0 radical (unpaired) electrons. The van der Waals surface area contributed by atoms with Crippen molar-refractivity contribution >= 4 is 5.91 Å². The number of nitrogens with zero attached hydrogens (tertiary/aromatic N) is 1. The van der Waals surface area contributed by atoms with Crippen LogP contribution in [0.4, 0.5) is 0 Å². The summed E-state index contributed by atoms with van der Waals surface area (Å²) in [6.45, 7) is 3.42. The molecule has 0 aromatic heterocycles. The summed E-state index contributed by atoms with van der Waals surface area (Å²) in [6, 6.07) is 5.46. The van der Waals surface area contributed by atoms with Crippen LogP contribution >= 0.6 is 0 Å². The summed E-state index contributed by atoms with van der Waals surface area (Å²) in [5.74, 6) is 5.94. The zero-order valence-corrected chi connectivity index (χ0v) is 12.3. The number of aryl methyl sites for hydroxylation is 1. The summed E-state index contributed by atoms with van der Waals surface area (Å²) >= 11 is 0. The van der Waals surface area contributed by atoms with Crippen molar-refractivity contribution in [1.82, 2.24) is 4.90 Å². The average molecular weight is 287 g/mol. The maximum atomic E-state index is 12.5. The topological polar surface area (TPSA) is 60.8 Å². The van der Waals surface area contributed by atoms with Crippen LogP contribution in [0.2, 0.25) is 0 Å². The zero-order valence-electron chi connectivity index (χ0n) is 12.3. The first-order valence-electron chi connectivity index (χ1n) is 7.26. The number of aliphatic hydroxyl groups excluding tert-OH is 2. The molecule has 112 valence electrons. The molecule has 4 nitrogen and oxygen atoms in total. The number of carbonyl (C=O) groups is 1. The van der Waals surface area contributed by atoms with E-state index < -0.39 is 0 Å². The standard InChI is InChI=1S/C17H21NO3/c1-13-11-16(5-4-15(13)3-2-9-19)17(21)18-8-6-14(12-18)7-10-20/h4-5,11,14,19-20H,6-10,12H2,1H3. The van der Waals surface area contributed by atoms with E-state index in [0.29, 0.717) is 11.5 Å². The normalized spacial score (nSPS) is 17.5. The third kappa shape index (κ3) is 3.84. The van der Waals surface area contributed by atoms with Gasteiger partial charge in [-0.05, 0) is 49.4 Å². The second kappa shape index (κ2) is 7.26. The second-order valence-electron chi connectivity index (χ2n) is 5.41. The monoisotopic (exact) mass is 287 g/mol. The maximum Gasteiger partial charge on any atom is 0.253 e. The summed E-state index contributed by atoms with van der Waals surface area (Å²) < 4.78 is 0. The number of likely N-dealkylation sites (tertiary alicyclic amines) is 1. The number of amides is 1. The molecule has 1 aromatic rings. The molecule has 1 amide bonds. The van der Waals surface area contributed by atoms with Crippen molar-refractivity contribution in [2.45, 2.75) is 19.8 Å². The van der Waals surface area contributed by atoms with E-state index in [4.69, 9.17) is 10.2 Å². The van der Waals surface area contributed by atoms with Crippen LogP contribution < -0.4 is 0 Å². The van der Waals surface area contributed by atoms with Crippen LogP contribution in [0.15, 0.2) is 18.2 Å². The molecule has 1 fully saturated rings. The van der Waals surface area contributed by atoms with Gasteiger partial charge in [0.2, 0.25) is 0 Å². The minimum Gasteiger partial charge on any atom is -0.396 e. The quantitative estimate of drug-likeness (QED) is 0.821. The molecule has 1 aliphatic heterocycles. The van der Waals surface area contributed by atoms with Gasteiger partial charge >= 0.3 is 0 Å². The van der Waals surface area contributed by atoms with E-state index in [9.17, 15) is 4.79 Å². The minimum atomic E-state index is -0.167. The first-order chi connectivity index (χ1) is 10.2. The average Bonchev–Trinajstić information content (AvgIpc) is 2.94. The van der Waals surface area contributed by atoms with E-state index in [2.05, 4.69) is 11.8 Å². The summed E-state index contributed by atoms with van der Waals surface area (Å²) in [5.41, 5.74) is 2.44. The summed E-state index contributed by atoms with van der Waals surface area (Å²) in [5, 5.41) is 17.7. The first kappa shape index (κ1) is 15.6. The van der Waals surface area contributed by atoms with Gasteiger partial charge in [0.1, 0.15) is 6.61 Å². The highest BCUT2D eigenvalue weighted by atomic mass is 16.3. The van der Waals surface area contributed by atoms with Crippen molar-refractivity contribution in [2.24, 2.45) is 5.92 Å². The highest BCUT2D eigenvalue weighted by Crippen LogP contribution is 2.22. The van der Waals surface area contributed by atoms with Crippen molar-refractivity contribution in [3.05, 3.63) is 34.9 Å². The lowest BCUT2D eigenvalue weighted by Crippen LogP contribution is -2.28. The van der Waals surface area contributed by atoms with Crippen molar-refractivity contribution in [3.63, 3.8) is 0 Å². The second-order valence-corrected chi connectivity index (χ2v) is 5.41. The number of carbonyl (C=O) groups excluding carboxylic acids is 1. The summed E-state index contributed by atoms with van der Waals surface area (Å²) in [7, 11) is 0. The number of hydrogen-bond acceptors (Lipinski definition) is 3. The first-order valence-corrected chi connectivity index (χ1v) is 7.26. The van der Waals surface area contributed by atoms with Gasteiger partial charge < -0.3 is 15.1 Å². The lowest BCUT2D eigenvalue weighted by molar-refractivity contribution is 0.0784. The molecule has 1 heterocycles. The Morgan fingerprint density at radius 2 is 2.24 bits per heavy atom. The molecular formula is C17H21NO3. The van der Waals surface area contributed by atoms with E-state index >= 15 is 0 Å². The molecule has 0 aliphatic carbocycles. The van der Waals surface area contributed by atoms with E-state index in [1.807, 2.05) is 24.0 Å². The van der Waals surface area contributed by atoms with Crippen LogP contribution in [-0.2, 0) is 0 Å². The number of hydrogen-bond donors (Lipinski definition) is 2. The lowest BCUT2D eigenvalue weighted by atomic mass is 10.0. The Hall–Kier alpha value is -1.83. The molecule has 4 heteroatoms. The van der Waals surface area contributed by atoms with E-state index in [1.54, 1.807) is 6.07 Å². The third-order valence-electron chi connectivity index (χ3n) is 3.89. The van der Waals surface area contributed by atoms with Crippen LogP contribution in [0.1, 0.15) is 34.3 Å². The maximum absolute atomic E-state index is 12.5. The Kier molecular flexibility index (Phi) is 5.38. The van der Waals surface area contributed by atoms with Gasteiger partial charge in [0.05, 0.1) is 0 Å². The van der Waals surface area contributed by atoms with E-state index in [0.717, 1.165) is 37.1 Å². The molecule has 1 unspecified atom stereocenters. The number of benzene rings is 1. The Morgan fingerprint density at radius 1 is 1.43 bits per heavy atom. The molecule has 2 N–H and O–H groups in total. The van der Waals surface area contributed by atoms with Crippen molar-refractivity contribution < 1.29 is 15.0 Å². The summed E-state index contributed by atoms with van der Waals surface area (Å²) in [4.78, 5) is 14.3. The van der Waals surface area contributed by atoms with Gasteiger partial charge in [-0.1, -0.05) is 11.8 Å². The van der Waals surface area contributed by atoms with Gasteiger partial charge in [-0.3, -0.25) is 4.79 Å². The molecular weight excluding hydrogens is 266 g/mol. The van der Waals surface area contributed by atoms with Gasteiger partial charge in [-0.15, -0.1) is 0 Å². The van der Waals surface area contributed by atoms with Crippen LogP contribution in [0.5, 0.6) is 0 Å². The smallest absolute Gasteiger partial charge is 0.253 e. The predicted octanol–water partition coefficient (Wildman–Crippen LogP) is 1.18. The fraction of sp³-hybridized carbons (Fsp3) is 0.471. The number of rotatable bonds is 3. The largest absolute Gasteiger partial charge is 0.396 e. The Balaban J connectivity index is 2.08. The predicted molar refractivity (Wildman–Crippen MR) is 80.9 cm³/mol. The Labute approximate surface area is 125 Å². The molecule has 1 atom stereocenters. The molecule has 1 aliphatic rings. The molecule has 0 spiro atoms. The summed E-state index contributed by atoms with van der Waals surface area (Å²) in [6.07, 6.45) is 1.73. The molecule has 1 saturated heterocycles. The molecule has 2 rings (SSSR count). The lowest BCUT2D eigenvalue weighted by Gasteiger charge is -2.17. The zero-order chi connectivity index (χ0) is 15.2. The molecule has 21 heavy (non-hydrogen) atoms. The van der Waals surface area contributed by atoms with Crippen molar-refractivity contribution in [3.8, 4) is 11.8 Å². The van der Waals surface area contributed by atoms with Crippen LogP contribution in [-0.4, -0.2) is 47.3 Å². The number of aliphatic hydroxyl groups is 2. The molecule has 1 aromatic carbocycles. The Morgan fingerprint density at radius 3 is 2.90 bits per heavy atom. The fourth-order valence-electron chi connectivity index (χ4n) is 2.69. The van der Waals surface area contributed by atoms with Crippen LogP contribution in [0.25, 0.3) is 0 Å². The minimum absolute atomic E-state index is 0.0419. The Bertz CT molecular complexity index is 571. The molecule has 0 saturated carbocycles. The van der Waals surface area contributed by atoms with Crippen molar-refractivity contribution in [2.75, 3.05) is 26.3 Å². The highest BCUT2D eigenvalue weighted by molar-refractivity contribution is 5.94. The third-order valence-corrected chi connectivity index (χ3v) is 3.89.